The molecule has 154 valence electrons. The van der Waals surface area contributed by atoms with Gasteiger partial charge in [0.05, 0.1) is 28.8 Å². The topological polar surface area (TPSA) is 118 Å². The SMILES string of the molecule is Cc1nc(C)c2c(C)c(C(=O)Nc3ccccc3-n3ncc4c(=O)[nH]cnc43)sc2n1. The fourth-order valence-corrected chi connectivity index (χ4v) is 4.84. The van der Waals surface area contributed by atoms with Gasteiger partial charge in [0.2, 0.25) is 0 Å². The number of aromatic nitrogens is 6. The van der Waals surface area contributed by atoms with Crippen molar-refractivity contribution in [3.8, 4) is 5.69 Å². The number of hydrogen-bond acceptors (Lipinski definition) is 7. The number of rotatable bonds is 3. The van der Waals surface area contributed by atoms with Gasteiger partial charge in [-0.1, -0.05) is 12.1 Å². The number of nitrogens with zero attached hydrogens (tertiary/aromatic N) is 5. The second-order valence-electron chi connectivity index (χ2n) is 7.09. The van der Waals surface area contributed by atoms with Crippen LogP contribution < -0.4 is 10.9 Å². The zero-order chi connectivity index (χ0) is 21.7. The van der Waals surface area contributed by atoms with Gasteiger partial charge in [0, 0.05) is 11.1 Å². The van der Waals surface area contributed by atoms with Gasteiger partial charge < -0.3 is 10.3 Å². The Morgan fingerprint density at radius 2 is 1.97 bits per heavy atom. The van der Waals surface area contributed by atoms with Crippen molar-refractivity contribution in [1.29, 1.82) is 0 Å². The molecule has 1 aromatic carbocycles. The molecule has 0 bridgehead atoms. The second-order valence-corrected chi connectivity index (χ2v) is 8.09. The number of anilines is 1. The Balaban J connectivity index is 1.58. The third-order valence-corrected chi connectivity index (χ3v) is 6.22. The number of carbonyl (C=O) groups is 1. The predicted molar refractivity (Wildman–Crippen MR) is 119 cm³/mol. The predicted octanol–water partition coefficient (Wildman–Crippen LogP) is 3.29. The molecule has 1 amide bonds. The van der Waals surface area contributed by atoms with E-state index in [9.17, 15) is 9.59 Å². The molecule has 0 spiro atoms. The van der Waals surface area contributed by atoms with E-state index < -0.39 is 0 Å². The third-order valence-electron chi connectivity index (χ3n) is 5.04. The molecule has 0 atom stereocenters. The quantitative estimate of drug-likeness (QED) is 0.452. The van der Waals surface area contributed by atoms with Crippen LogP contribution in [-0.2, 0) is 0 Å². The van der Waals surface area contributed by atoms with Crippen molar-refractivity contribution < 1.29 is 4.79 Å². The summed E-state index contributed by atoms with van der Waals surface area (Å²) in [5.74, 6) is 0.434. The highest BCUT2D eigenvalue weighted by molar-refractivity contribution is 7.20. The first kappa shape index (κ1) is 19.1. The summed E-state index contributed by atoms with van der Waals surface area (Å²) in [5.41, 5.74) is 3.00. The molecule has 0 unspecified atom stereocenters. The number of para-hydroxylation sites is 2. The fraction of sp³-hybridized carbons (Fsp3) is 0.143. The fourth-order valence-electron chi connectivity index (χ4n) is 3.67. The van der Waals surface area contributed by atoms with Gasteiger partial charge in [-0.15, -0.1) is 11.3 Å². The number of H-pyrrole nitrogens is 1. The summed E-state index contributed by atoms with van der Waals surface area (Å²) in [5, 5.41) is 8.57. The van der Waals surface area contributed by atoms with E-state index >= 15 is 0 Å². The van der Waals surface area contributed by atoms with E-state index in [-0.39, 0.29) is 11.5 Å². The summed E-state index contributed by atoms with van der Waals surface area (Å²) in [4.78, 5) is 42.3. The maximum absolute atomic E-state index is 13.2. The van der Waals surface area contributed by atoms with E-state index in [2.05, 4.69) is 30.4 Å². The normalized spacial score (nSPS) is 11.3. The van der Waals surface area contributed by atoms with Crippen LogP contribution in [0.1, 0.15) is 26.8 Å². The number of amides is 1. The molecule has 9 nitrogen and oxygen atoms in total. The highest BCUT2D eigenvalue weighted by Gasteiger charge is 2.20. The Morgan fingerprint density at radius 1 is 1.16 bits per heavy atom. The lowest BCUT2D eigenvalue weighted by atomic mass is 10.1. The molecule has 4 heterocycles. The number of fused-ring (bicyclic) bond motifs is 2. The van der Waals surface area contributed by atoms with E-state index in [0.29, 0.717) is 33.1 Å². The second kappa shape index (κ2) is 7.10. The van der Waals surface area contributed by atoms with Crippen LogP contribution in [-0.4, -0.2) is 35.6 Å². The lowest BCUT2D eigenvalue weighted by Gasteiger charge is -2.11. The molecular formula is C21H17N7O2S. The maximum atomic E-state index is 13.2. The van der Waals surface area contributed by atoms with Gasteiger partial charge >= 0.3 is 0 Å². The zero-order valence-electron chi connectivity index (χ0n) is 16.9. The molecule has 5 aromatic rings. The first-order valence-corrected chi connectivity index (χ1v) is 10.3. The van der Waals surface area contributed by atoms with Gasteiger partial charge in [0.15, 0.2) is 5.65 Å². The standard InChI is InChI=1S/C21H17N7O2S/c1-10-16-11(2)25-12(3)26-21(16)31-17(10)20(30)27-14-6-4-5-7-15(14)28-18-13(8-24-28)19(29)23-9-22-18/h4-9H,1-3H3,(H,27,30)(H,22,23,29). The Hall–Kier alpha value is -3.92. The minimum atomic E-state index is -0.273. The number of hydrogen-bond donors (Lipinski definition) is 2. The monoisotopic (exact) mass is 431 g/mol. The van der Waals surface area contributed by atoms with Gasteiger partial charge in [-0.2, -0.15) is 5.10 Å². The largest absolute Gasteiger partial charge is 0.319 e. The third kappa shape index (κ3) is 3.08. The van der Waals surface area contributed by atoms with Crippen LogP contribution in [0.25, 0.3) is 26.9 Å². The molecule has 0 aliphatic rings. The van der Waals surface area contributed by atoms with Crippen molar-refractivity contribution in [2.45, 2.75) is 20.8 Å². The van der Waals surface area contributed by atoms with Gasteiger partial charge in [0.1, 0.15) is 16.0 Å². The maximum Gasteiger partial charge on any atom is 0.266 e. The first-order chi connectivity index (χ1) is 14.9. The minimum Gasteiger partial charge on any atom is -0.319 e. The Labute approximate surface area is 179 Å². The molecule has 4 aromatic heterocycles. The van der Waals surface area contributed by atoms with Crippen LogP contribution >= 0.6 is 11.3 Å². The zero-order valence-corrected chi connectivity index (χ0v) is 17.7. The van der Waals surface area contributed by atoms with Crippen LogP contribution in [0.5, 0.6) is 0 Å². The van der Waals surface area contributed by atoms with E-state index in [1.807, 2.05) is 39.0 Å². The van der Waals surface area contributed by atoms with Crippen LogP contribution in [0.3, 0.4) is 0 Å². The minimum absolute atomic E-state index is 0.243. The number of aryl methyl sites for hydroxylation is 3. The lowest BCUT2D eigenvalue weighted by Crippen LogP contribution is -2.14. The number of thiophene rings is 1. The van der Waals surface area contributed by atoms with E-state index in [0.717, 1.165) is 21.5 Å². The van der Waals surface area contributed by atoms with Crippen molar-refractivity contribution >= 4 is 44.2 Å². The van der Waals surface area contributed by atoms with Crippen LogP contribution in [0.15, 0.2) is 41.6 Å². The first-order valence-electron chi connectivity index (χ1n) is 9.50. The van der Waals surface area contributed by atoms with E-state index in [4.69, 9.17) is 0 Å². The lowest BCUT2D eigenvalue weighted by molar-refractivity contribution is 0.103. The summed E-state index contributed by atoms with van der Waals surface area (Å²) in [6.07, 6.45) is 2.79. The molecule has 0 saturated heterocycles. The number of carbonyl (C=O) groups excluding carboxylic acids is 1. The summed E-state index contributed by atoms with van der Waals surface area (Å²) in [6, 6.07) is 7.24. The smallest absolute Gasteiger partial charge is 0.266 e. The highest BCUT2D eigenvalue weighted by Crippen LogP contribution is 2.32. The van der Waals surface area contributed by atoms with Crippen molar-refractivity contribution in [1.82, 2.24) is 29.7 Å². The highest BCUT2D eigenvalue weighted by atomic mass is 32.1. The molecule has 2 N–H and O–H groups in total. The summed E-state index contributed by atoms with van der Waals surface area (Å²) >= 11 is 1.34. The summed E-state index contributed by atoms with van der Waals surface area (Å²) < 4.78 is 1.54. The number of nitrogens with one attached hydrogen (secondary N) is 2. The molecule has 5 rings (SSSR count). The van der Waals surface area contributed by atoms with Gasteiger partial charge in [-0.3, -0.25) is 9.59 Å². The van der Waals surface area contributed by atoms with Crippen molar-refractivity contribution in [3.63, 3.8) is 0 Å². The van der Waals surface area contributed by atoms with Crippen molar-refractivity contribution in [2.75, 3.05) is 5.32 Å². The molecule has 10 heteroatoms. The number of aromatic amines is 1. The van der Waals surface area contributed by atoms with Gasteiger partial charge in [-0.25, -0.2) is 19.6 Å². The number of benzene rings is 1. The molecule has 0 saturated carbocycles. The van der Waals surface area contributed by atoms with Gasteiger partial charge in [0.25, 0.3) is 11.5 Å². The average molecular weight is 431 g/mol. The van der Waals surface area contributed by atoms with Gasteiger partial charge in [-0.05, 0) is 38.5 Å². The van der Waals surface area contributed by atoms with Crippen LogP contribution in [0, 0.1) is 20.8 Å². The molecule has 0 aliphatic carbocycles. The van der Waals surface area contributed by atoms with Crippen LogP contribution in [0.4, 0.5) is 5.69 Å². The van der Waals surface area contributed by atoms with Crippen molar-refractivity contribution in [2.24, 2.45) is 0 Å². The van der Waals surface area contributed by atoms with Crippen molar-refractivity contribution in [3.05, 3.63) is 69.1 Å². The molecule has 31 heavy (non-hydrogen) atoms. The molecule has 0 aliphatic heterocycles. The molecular weight excluding hydrogens is 414 g/mol. The van der Waals surface area contributed by atoms with E-state index in [1.54, 1.807) is 6.07 Å². The Morgan fingerprint density at radius 3 is 2.81 bits per heavy atom. The summed E-state index contributed by atoms with van der Waals surface area (Å²) in [6.45, 7) is 5.67. The average Bonchev–Trinajstić information content (AvgIpc) is 3.31. The van der Waals surface area contributed by atoms with Crippen LogP contribution in [0.2, 0.25) is 0 Å². The van der Waals surface area contributed by atoms with E-state index in [1.165, 1.54) is 28.5 Å². The Bertz CT molecular complexity index is 1550. The molecule has 0 fully saturated rings. The molecule has 0 radical (unpaired) electrons. The summed E-state index contributed by atoms with van der Waals surface area (Å²) in [7, 11) is 0. The Kier molecular flexibility index (Phi) is 4.36.